The smallest absolute Gasteiger partial charge is 0.322 e. The van der Waals surface area contributed by atoms with Crippen LogP contribution in [0.3, 0.4) is 0 Å². The van der Waals surface area contributed by atoms with E-state index in [9.17, 15) is 18.0 Å². The average Bonchev–Trinajstić information content (AvgIpc) is 3.22. The van der Waals surface area contributed by atoms with E-state index in [0.29, 0.717) is 11.1 Å². The number of imide groups is 1. The number of nitrogens with one attached hydrogen (secondary N) is 1. The van der Waals surface area contributed by atoms with Crippen LogP contribution < -0.4 is 4.72 Å². The quantitative estimate of drug-likeness (QED) is 0.291. The van der Waals surface area contributed by atoms with Crippen LogP contribution in [0.4, 0.5) is 4.79 Å². The molecule has 3 amide bonds. The van der Waals surface area contributed by atoms with Crippen LogP contribution in [0.5, 0.6) is 0 Å². The number of carbonyl (C=O) groups excluding carboxylic acids is 2. The van der Waals surface area contributed by atoms with Crippen LogP contribution in [0.25, 0.3) is 0 Å². The zero-order valence-corrected chi connectivity index (χ0v) is 24.0. The summed E-state index contributed by atoms with van der Waals surface area (Å²) in [6.07, 6.45) is 0. The summed E-state index contributed by atoms with van der Waals surface area (Å²) >= 11 is 0. The SMILES string of the molecule is Cc1ccc(S(=O)(=O)N[C@H](c2ccccc2)[C@H](C(=O)N2C(=O)N(C)[C@@H](C)[C@H]2c2ccccc2)c2ccccc2)cc1. The number of aryl methyl sites for hydroxylation is 1. The molecule has 4 aromatic carbocycles. The van der Waals surface area contributed by atoms with Gasteiger partial charge in [-0.15, -0.1) is 0 Å². The molecule has 0 saturated carbocycles. The Morgan fingerprint density at radius 1 is 0.780 bits per heavy atom. The molecule has 210 valence electrons. The maximum atomic E-state index is 14.8. The number of benzene rings is 4. The molecule has 1 fully saturated rings. The molecule has 1 aliphatic heterocycles. The highest BCUT2D eigenvalue weighted by Crippen LogP contribution is 2.41. The lowest BCUT2D eigenvalue weighted by Gasteiger charge is -2.33. The second-order valence-corrected chi connectivity index (χ2v) is 12.1. The van der Waals surface area contributed by atoms with Crippen molar-refractivity contribution in [2.75, 3.05) is 7.05 Å². The second-order valence-electron chi connectivity index (χ2n) is 10.4. The molecular weight excluding hydrogens is 534 g/mol. The van der Waals surface area contributed by atoms with Crippen LogP contribution in [0.15, 0.2) is 120 Å². The number of rotatable bonds is 8. The van der Waals surface area contributed by atoms with Gasteiger partial charge in [0.05, 0.1) is 28.9 Å². The number of likely N-dealkylation sites (N-methyl/N-ethyl adjacent to an activating group) is 1. The number of hydrogen-bond donors (Lipinski definition) is 1. The molecule has 1 aliphatic rings. The first-order chi connectivity index (χ1) is 19.7. The van der Waals surface area contributed by atoms with Crippen LogP contribution in [0.2, 0.25) is 0 Å². The third-order valence-electron chi connectivity index (χ3n) is 7.76. The molecule has 5 rings (SSSR count). The molecule has 7 nitrogen and oxygen atoms in total. The Labute approximate surface area is 241 Å². The molecule has 0 radical (unpaired) electrons. The minimum absolute atomic E-state index is 0.0936. The predicted molar refractivity (Wildman–Crippen MR) is 159 cm³/mol. The maximum Gasteiger partial charge on any atom is 0.327 e. The van der Waals surface area contributed by atoms with Crippen LogP contribution in [-0.2, 0) is 14.8 Å². The summed E-state index contributed by atoms with van der Waals surface area (Å²) < 4.78 is 30.3. The minimum atomic E-state index is -4.05. The molecule has 4 atom stereocenters. The van der Waals surface area contributed by atoms with E-state index in [4.69, 9.17) is 0 Å². The molecule has 0 unspecified atom stereocenters. The van der Waals surface area contributed by atoms with Crippen molar-refractivity contribution in [2.45, 2.75) is 42.8 Å². The minimum Gasteiger partial charge on any atom is -0.322 e. The van der Waals surface area contributed by atoms with Crippen molar-refractivity contribution >= 4 is 22.0 Å². The van der Waals surface area contributed by atoms with Gasteiger partial charge in [-0.3, -0.25) is 9.69 Å². The molecule has 1 saturated heterocycles. The maximum absolute atomic E-state index is 14.8. The van der Waals surface area contributed by atoms with Gasteiger partial charge in [0.1, 0.15) is 0 Å². The molecule has 4 aromatic rings. The Bertz CT molecular complexity index is 1610. The van der Waals surface area contributed by atoms with E-state index in [0.717, 1.165) is 11.1 Å². The van der Waals surface area contributed by atoms with E-state index >= 15 is 0 Å². The van der Waals surface area contributed by atoms with Crippen LogP contribution in [0, 0.1) is 6.92 Å². The van der Waals surface area contributed by atoms with E-state index < -0.39 is 40.0 Å². The molecule has 8 heteroatoms. The Kier molecular flexibility index (Phi) is 8.06. The highest BCUT2D eigenvalue weighted by Gasteiger charge is 2.49. The summed E-state index contributed by atoms with van der Waals surface area (Å²) in [4.78, 5) is 31.4. The first kappa shape index (κ1) is 28.3. The van der Waals surface area contributed by atoms with Gasteiger partial charge in [0.25, 0.3) is 0 Å². The topological polar surface area (TPSA) is 86.8 Å². The molecule has 0 spiro atoms. The van der Waals surface area contributed by atoms with Gasteiger partial charge in [0.2, 0.25) is 15.9 Å². The molecule has 0 aliphatic carbocycles. The van der Waals surface area contributed by atoms with Crippen molar-refractivity contribution in [3.63, 3.8) is 0 Å². The Morgan fingerprint density at radius 2 is 1.29 bits per heavy atom. The van der Waals surface area contributed by atoms with Crippen molar-refractivity contribution in [3.8, 4) is 0 Å². The van der Waals surface area contributed by atoms with Gasteiger partial charge in [-0.25, -0.2) is 17.9 Å². The fourth-order valence-electron chi connectivity index (χ4n) is 5.43. The summed E-state index contributed by atoms with van der Waals surface area (Å²) in [6.45, 7) is 3.80. The summed E-state index contributed by atoms with van der Waals surface area (Å²) in [5.74, 6) is -1.51. The van der Waals surface area contributed by atoms with Crippen molar-refractivity contribution in [1.29, 1.82) is 0 Å². The third-order valence-corrected chi connectivity index (χ3v) is 9.22. The van der Waals surface area contributed by atoms with Crippen molar-refractivity contribution < 1.29 is 18.0 Å². The number of urea groups is 1. The van der Waals surface area contributed by atoms with E-state index in [2.05, 4.69) is 4.72 Å². The van der Waals surface area contributed by atoms with Crippen molar-refractivity contribution in [2.24, 2.45) is 0 Å². The van der Waals surface area contributed by atoms with E-state index in [1.165, 1.54) is 4.90 Å². The lowest BCUT2D eigenvalue weighted by atomic mass is 9.85. The van der Waals surface area contributed by atoms with Crippen LogP contribution in [0.1, 0.15) is 47.2 Å². The zero-order chi connectivity index (χ0) is 29.1. The van der Waals surface area contributed by atoms with E-state index in [1.54, 1.807) is 84.7 Å². The Hall–Kier alpha value is -4.27. The van der Waals surface area contributed by atoms with Crippen LogP contribution in [-0.4, -0.2) is 43.2 Å². The second kappa shape index (κ2) is 11.7. The summed E-state index contributed by atoms with van der Waals surface area (Å²) in [5, 5.41) is 0. The molecular formula is C33H33N3O4S. The fraction of sp³-hybridized carbons (Fsp3) is 0.212. The molecule has 1 heterocycles. The highest BCUT2D eigenvalue weighted by molar-refractivity contribution is 7.89. The molecule has 1 N–H and O–H groups in total. The summed E-state index contributed by atoms with van der Waals surface area (Å²) in [6, 6.07) is 31.8. The van der Waals surface area contributed by atoms with Gasteiger partial charge >= 0.3 is 6.03 Å². The first-order valence-electron chi connectivity index (χ1n) is 13.5. The molecule has 0 aromatic heterocycles. The Balaban J connectivity index is 1.65. The normalized spacial score (nSPS) is 18.8. The van der Waals surface area contributed by atoms with Gasteiger partial charge < -0.3 is 4.90 Å². The van der Waals surface area contributed by atoms with Crippen molar-refractivity contribution in [3.05, 3.63) is 138 Å². The number of carbonyl (C=O) groups is 2. The van der Waals surface area contributed by atoms with Gasteiger partial charge in [0.15, 0.2) is 0 Å². The lowest BCUT2D eigenvalue weighted by Crippen LogP contribution is -2.44. The number of nitrogens with zero attached hydrogens (tertiary/aromatic N) is 2. The first-order valence-corrected chi connectivity index (χ1v) is 15.0. The van der Waals surface area contributed by atoms with Crippen molar-refractivity contribution in [1.82, 2.24) is 14.5 Å². The lowest BCUT2D eigenvalue weighted by molar-refractivity contribution is -0.131. The van der Waals surface area contributed by atoms with Gasteiger partial charge in [-0.05, 0) is 42.7 Å². The monoisotopic (exact) mass is 567 g/mol. The van der Waals surface area contributed by atoms with Gasteiger partial charge in [-0.1, -0.05) is 109 Å². The fourth-order valence-corrected chi connectivity index (χ4v) is 6.67. The summed E-state index contributed by atoms with van der Waals surface area (Å²) in [7, 11) is -2.37. The van der Waals surface area contributed by atoms with Gasteiger partial charge in [-0.2, -0.15) is 0 Å². The van der Waals surface area contributed by atoms with Gasteiger partial charge in [0, 0.05) is 7.05 Å². The Morgan fingerprint density at radius 3 is 1.85 bits per heavy atom. The molecule has 0 bridgehead atoms. The number of hydrogen-bond acceptors (Lipinski definition) is 4. The third kappa shape index (κ3) is 5.66. The van der Waals surface area contributed by atoms with Crippen LogP contribution >= 0.6 is 0 Å². The largest absolute Gasteiger partial charge is 0.327 e. The number of amides is 3. The summed E-state index contributed by atoms with van der Waals surface area (Å²) in [5.41, 5.74) is 2.96. The molecule has 41 heavy (non-hydrogen) atoms. The van der Waals surface area contributed by atoms with E-state index in [1.807, 2.05) is 56.3 Å². The predicted octanol–water partition coefficient (Wildman–Crippen LogP) is 5.82. The van der Waals surface area contributed by atoms with E-state index in [-0.39, 0.29) is 10.9 Å². The number of sulfonamides is 1. The average molecular weight is 568 g/mol. The highest BCUT2D eigenvalue weighted by atomic mass is 32.2. The zero-order valence-electron chi connectivity index (χ0n) is 23.2. The standard InChI is InChI=1S/C33H33N3O4S/c1-23-19-21-28(22-20-23)41(39,40)34-30(26-15-9-5-10-16-26)29(25-13-7-4-8-14-25)32(37)36-31(24(2)35(3)33(36)38)27-17-11-6-12-18-27/h4-22,24,29-31,34H,1-3H3/t24-,29+,30+,31-/m0/s1.